The van der Waals surface area contributed by atoms with Gasteiger partial charge in [-0.15, -0.1) is 56.7 Å². The molecule has 51 heavy (non-hydrogen) atoms. The summed E-state index contributed by atoms with van der Waals surface area (Å²) < 4.78 is 0. The van der Waals surface area contributed by atoms with Gasteiger partial charge in [-0.2, -0.15) is 0 Å². The lowest BCUT2D eigenvalue weighted by atomic mass is 10.1. The van der Waals surface area contributed by atoms with Crippen LogP contribution in [0.1, 0.15) is 76.8 Å². The number of hydrogen-bond donors (Lipinski definition) is 3. The fourth-order valence-electron chi connectivity index (χ4n) is 4.88. The Morgan fingerprint density at radius 2 is 1.45 bits per heavy atom. The average Bonchev–Trinajstić information content (AvgIpc) is 3.95. The van der Waals surface area contributed by atoms with E-state index in [1.807, 2.05) is 42.1 Å². The van der Waals surface area contributed by atoms with Gasteiger partial charge in [0.25, 0.3) is 11.8 Å². The first-order valence-corrected chi connectivity index (χ1v) is 20.4. The minimum absolute atomic E-state index is 0.183. The fraction of sp³-hybridized carbons (Fsp3) is 0.324. The van der Waals surface area contributed by atoms with Crippen molar-refractivity contribution >= 4 is 74.8 Å². The number of nitrogens with zero attached hydrogens (tertiary/aromatic N) is 6. The molecule has 12 nitrogen and oxygen atoms in total. The van der Waals surface area contributed by atoms with Crippen molar-refractivity contribution in [3.05, 3.63) is 66.1 Å². The van der Waals surface area contributed by atoms with E-state index in [2.05, 4.69) is 39.4 Å². The van der Waals surface area contributed by atoms with Gasteiger partial charge in [-0.1, -0.05) is 20.8 Å². The van der Waals surface area contributed by atoms with E-state index in [1.54, 1.807) is 17.7 Å². The van der Waals surface area contributed by atoms with E-state index >= 15 is 0 Å². The molecule has 0 aliphatic rings. The molecule has 17 heteroatoms. The molecule has 0 radical (unpaired) electrons. The molecule has 6 aromatic heterocycles. The molecule has 2 amide bonds. The first-order chi connectivity index (χ1) is 24.5. The molecule has 6 aromatic rings. The molecule has 264 valence electrons. The number of nitrogens with one attached hydrogen (secondary N) is 2. The molecule has 0 fully saturated rings. The summed E-state index contributed by atoms with van der Waals surface area (Å²) >= 11 is 6.97. The number of aryl methyl sites for hydroxylation is 1. The predicted molar refractivity (Wildman–Crippen MR) is 204 cm³/mol. The summed E-state index contributed by atoms with van der Waals surface area (Å²) in [5, 5.41) is 28.9. The number of carbonyl (C=O) groups is 3. The van der Waals surface area contributed by atoms with Crippen molar-refractivity contribution < 1.29 is 19.5 Å². The third-order valence-electron chi connectivity index (χ3n) is 7.51. The molecule has 0 aliphatic carbocycles. The second-order valence-corrected chi connectivity index (χ2v) is 16.5. The van der Waals surface area contributed by atoms with Gasteiger partial charge in [0.05, 0.1) is 22.8 Å². The van der Waals surface area contributed by atoms with Crippen LogP contribution in [-0.2, 0) is 11.2 Å². The Morgan fingerprint density at radius 3 is 2.16 bits per heavy atom. The zero-order chi connectivity index (χ0) is 36.2. The van der Waals surface area contributed by atoms with Gasteiger partial charge in [-0.25, -0.2) is 29.9 Å². The van der Waals surface area contributed by atoms with Crippen LogP contribution in [0.3, 0.4) is 0 Å². The van der Waals surface area contributed by atoms with Crippen molar-refractivity contribution in [2.75, 3.05) is 0 Å². The summed E-state index contributed by atoms with van der Waals surface area (Å²) in [6.45, 7) is 9.55. The van der Waals surface area contributed by atoms with Gasteiger partial charge in [0.1, 0.15) is 60.8 Å². The van der Waals surface area contributed by atoms with Crippen LogP contribution in [0, 0.1) is 12.8 Å². The van der Waals surface area contributed by atoms with Crippen molar-refractivity contribution in [3.8, 4) is 43.4 Å². The Labute approximate surface area is 314 Å². The van der Waals surface area contributed by atoms with Crippen molar-refractivity contribution in [2.24, 2.45) is 5.92 Å². The van der Waals surface area contributed by atoms with Gasteiger partial charge in [-0.05, 0) is 38.3 Å². The van der Waals surface area contributed by atoms with E-state index in [9.17, 15) is 19.5 Å². The van der Waals surface area contributed by atoms with Crippen LogP contribution >= 0.6 is 56.7 Å². The molecule has 0 saturated heterocycles. The van der Waals surface area contributed by atoms with Crippen molar-refractivity contribution in [2.45, 2.75) is 65.6 Å². The lowest BCUT2D eigenvalue weighted by molar-refractivity contribution is -0.109. The van der Waals surface area contributed by atoms with E-state index in [0.29, 0.717) is 62.0 Å². The lowest BCUT2D eigenvalue weighted by Crippen LogP contribution is -2.35. The Hall–Kier alpha value is -4.13. The summed E-state index contributed by atoms with van der Waals surface area (Å²) in [5.41, 5.74) is 4.41. The average molecular weight is 779 g/mol. The summed E-state index contributed by atoms with van der Waals surface area (Å²) in [4.78, 5) is 65.8. The molecule has 6 rings (SSSR count). The molecular formula is C34H34N8O4S5. The van der Waals surface area contributed by atoms with Crippen LogP contribution in [0.4, 0.5) is 0 Å². The molecule has 0 spiro atoms. The van der Waals surface area contributed by atoms with Crippen LogP contribution < -0.4 is 10.6 Å². The first kappa shape index (κ1) is 36.7. The second kappa shape index (κ2) is 16.0. The molecule has 3 N–H and O–H groups in total. The Morgan fingerprint density at radius 1 is 0.765 bits per heavy atom. The molecule has 3 atom stereocenters. The molecule has 0 aliphatic heterocycles. The zero-order valence-electron chi connectivity index (χ0n) is 28.2. The maximum absolute atomic E-state index is 13.2. The quantitative estimate of drug-likeness (QED) is 0.0969. The normalized spacial score (nSPS) is 13.2. The van der Waals surface area contributed by atoms with Gasteiger partial charge in [-0.3, -0.25) is 9.59 Å². The standard InChI is InChI=1S/C34H34N8O4S5/c1-6-19(10-43)36-29(45)24-14-49-31(40-24)20-7-8-21(32-41-25(15-50-32)33-35-17(4)11-48-33)38-28(20)22-12-51-34(39-22)27(18(5)44)42-30(46)23-13-47-26(37-23)9-16(2)3/h7-8,10-16,18-19,27,44H,6,9H2,1-5H3,(H,36,45)(H,42,46)/t18-,19+,27+/m1/s1. The van der Waals surface area contributed by atoms with Crippen LogP contribution in [0.25, 0.3) is 43.4 Å². The van der Waals surface area contributed by atoms with E-state index in [4.69, 9.17) is 15.0 Å². The number of aliphatic hydroxyl groups is 1. The summed E-state index contributed by atoms with van der Waals surface area (Å²) in [5.74, 6) is -0.432. The van der Waals surface area contributed by atoms with Crippen LogP contribution in [0.2, 0.25) is 0 Å². The van der Waals surface area contributed by atoms with Gasteiger partial charge in [0, 0.05) is 44.6 Å². The third kappa shape index (κ3) is 8.51. The number of aliphatic hydroxyl groups excluding tert-OH is 1. The van der Waals surface area contributed by atoms with Crippen molar-refractivity contribution in [1.29, 1.82) is 0 Å². The topological polar surface area (TPSA) is 173 Å². The van der Waals surface area contributed by atoms with Gasteiger partial charge >= 0.3 is 0 Å². The Bertz CT molecular complexity index is 2160. The lowest BCUT2D eigenvalue weighted by Gasteiger charge is -2.18. The minimum atomic E-state index is -0.956. The van der Waals surface area contributed by atoms with Crippen LogP contribution in [-0.4, -0.2) is 65.3 Å². The van der Waals surface area contributed by atoms with E-state index in [-0.39, 0.29) is 5.69 Å². The number of pyridine rings is 1. The fourth-order valence-corrected chi connectivity index (χ4v) is 9.25. The number of rotatable bonds is 14. The molecule has 6 heterocycles. The number of thiazole rings is 5. The molecule has 0 saturated carbocycles. The largest absolute Gasteiger partial charge is 0.391 e. The predicted octanol–water partition coefficient (Wildman–Crippen LogP) is 7.10. The van der Waals surface area contributed by atoms with E-state index < -0.39 is 30.0 Å². The maximum Gasteiger partial charge on any atom is 0.271 e. The summed E-state index contributed by atoms with van der Waals surface area (Å²) in [7, 11) is 0. The van der Waals surface area contributed by atoms with E-state index in [1.165, 1.54) is 56.7 Å². The highest BCUT2D eigenvalue weighted by atomic mass is 32.1. The summed E-state index contributed by atoms with van der Waals surface area (Å²) in [6, 6.07) is 2.31. The highest BCUT2D eigenvalue weighted by Gasteiger charge is 2.27. The van der Waals surface area contributed by atoms with Crippen LogP contribution in [0.5, 0.6) is 0 Å². The zero-order valence-corrected chi connectivity index (χ0v) is 32.3. The first-order valence-electron chi connectivity index (χ1n) is 16.0. The number of aromatic nitrogens is 6. The van der Waals surface area contributed by atoms with Gasteiger partial charge < -0.3 is 20.5 Å². The maximum atomic E-state index is 13.2. The van der Waals surface area contributed by atoms with Gasteiger partial charge in [0.15, 0.2) is 0 Å². The number of aldehydes is 1. The van der Waals surface area contributed by atoms with Crippen molar-refractivity contribution in [1.82, 2.24) is 40.5 Å². The number of carbonyl (C=O) groups excluding carboxylic acids is 3. The molecule has 0 unspecified atom stereocenters. The highest BCUT2D eigenvalue weighted by Crippen LogP contribution is 2.38. The van der Waals surface area contributed by atoms with Crippen LogP contribution in [0.15, 0.2) is 39.0 Å². The monoisotopic (exact) mass is 778 g/mol. The second-order valence-electron chi connectivity index (χ2n) is 12.1. The summed E-state index contributed by atoms with van der Waals surface area (Å²) in [6.07, 6.45) is 0.987. The Kier molecular flexibility index (Phi) is 11.5. The number of amides is 2. The van der Waals surface area contributed by atoms with Crippen molar-refractivity contribution in [3.63, 3.8) is 0 Å². The molecule has 0 bridgehead atoms. The van der Waals surface area contributed by atoms with E-state index in [0.717, 1.165) is 27.8 Å². The minimum Gasteiger partial charge on any atom is -0.391 e. The smallest absolute Gasteiger partial charge is 0.271 e. The third-order valence-corrected chi connectivity index (χ3v) is 12.0. The number of hydrogen-bond acceptors (Lipinski definition) is 15. The molecular weight excluding hydrogens is 745 g/mol. The Balaban J connectivity index is 1.35. The molecule has 0 aromatic carbocycles. The highest BCUT2D eigenvalue weighted by molar-refractivity contribution is 7.15. The SMILES string of the molecule is CC[C@@H](C=O)NC(=O)c1csc(-c2ccc(-c3nc(-c4nc(C)cs4)cs3)nc2-c2csc([C@@H](NC(=O)c3csc(CC(C)C)n3)[C@@H](C)O)n2)n1. The van der Waals surface area contributed by atoms with Gasteiger partial charge in [0.2, 0.25) is 0 Å².